The second-order valence-electron chi connectivity index (χ2n) is 4.91. The van der Waals surface area contributed by atoms with Gasteiger partial charge in [0.1, 0.15) is 0 Å². The molecule has 5 nitrogen and oxygen atoms in total. The largest absolute Gasteiger partial charge is 0.396 e. The van der Waals surface area contributed by atoms with Crippen molar-refractivity contribution in [2.24, 2.45) is 5.41 Å². The van der Waals surface area contributed by atoms with Gasteiger partial charge in [-0.05, 0) is 41.0 Å². The molecule has 0 aromatic carbocycles. The van der Waals surface area contributed by atoms with Crippen LogP contribution in [0.25, 0.3) is 0 Å². The van der Waals surface area contributed by atoms with Crippen LogP contribution in [0.15, 0.2) is 0 Å². The van der Waals surface area contributed by atoms with Gasteiger partial charge in [-0.3, -0.25) is 0 Å². The van der Waals surface area contributed by atoms with Gasteiger partial charge in [0, 0.05) is 6.61 Å². The normalized spacial score (nSPS) is 11.5. The van der Waals surface area contributed by atoms with E-state index in [1.165, 1.54) is 0 Å². The molecule has 0 atom stereocenters. The zero-order valence-electron chi connectivity index (χ0n) is 10.1. The molecular weight excluding hydrogens is 200 g/mol. The molecule has 0 fully saturated rings. The van der Waals surface area contributed by atoms with Crippen LogP contribution in [0.3, 0.4) is 0 Å². The predicted molar refractivity (Wildman–Crippen MR) is 56.2 cm³/mol. The third kappa shape index (κ3) is 13.3. The first-order valence-electron chi connectivity index (χ1n) is 4.73. The molecule has 0 unspecified atom stereocenters. The molecule has 0 rings (SSSR count). The van der Waals surface area contributed by atoms with Gasteiger partial charge in [-0.1, -0.05) is 0 Å². The third-order valence-electron chi connectivity index (χ3n) is 1.42. The summed E-state index contributed by atoms with van der Waals surface area (Å²) >= 11 is 0. The van der Waals surface area contributed by atoms with E-state index in [0.717, 1.165) is 0 Å². The highest BCUT2D eigenvalue weighted by Gasteiger charge is 2.22. The number of rotatable bonds is 2. The summed E-state index contributed by atoms with van der Waals surface area (Å²) in [5.41, 5.74) is -1.30. The van der Waals surface area contributed by atoms with Gasteiger partial charge in [0.15, 0.2) is 0 Å². The zero-order valence-corrected chi connectivity index (χ0v) is 10.1. The molecule has 0 saturated heterocycles. The van der Waals surface area contributed by atoms with Crippen LogP contribution in [-0.2, 0) is 9.68 Å². The minimum absolute atomic E-state index is 0.0590. The lowest BCUT2D eigenvalue weighted by atomic mass is 9.98. The monoisotopic (exact) mass is 222 g/mol. The maximum absolute atomic E-state index is 10.4. The molecule has 15 heavy (non-hydrogen) atoms. The molecule has 0 heterocycles. The lowest BCUT2D eigenvalue weighted by molar-refractivity contribution is -0.243. The zero-order chi connectivity index (χ0) is 12.7. The molecule has 0 aliphatic carbocycles. The molecule has 3 N–H and O–H groups in total. The van der Waals surface area contributed by atoms with Crippen molar-refractivity contribution in [3.63, 3.8) is 0 Å². The highest BCUT2D eigenvalue weighted by molar-refractivity contribution is 5.74. The summed E-state index contributed by atoms with van der Waals surface area (Å²) in [6, 6.07) is 0. The molecule has 0 aliphatic rings. The van der Waals surface area contributed by atoms with Crippen molar-refractivity contribution in [1.29, 1.82) is 0 Å². The Bertz CT molecular complexity index is 175. The van der Waals surface area contributed by atoms with E-state index in [4.69, 9.17) is 15.5 Å². The third-order valence-corrected chi connectivity index (χ3v) is 1.42. The minimum atomic E-state index is -0.700. The summed E-state index contributed by atoms with van der Waals surface area (Å²) in [4.78, 5) is 13.8. The van der Waals surface area contributed by atoms with Crippen LogP contribution in [0, 0.1) is 5.41 Å². The number of hydrogen-bond acceptors (Lipinski definition) is 5. The van der Waals surface area contributed by atoms with Gasteiger partial charge >= 0.3 is 5.97 Å². The van der Waals surface area contributed by atoms with Crippen molar-refractivity contribution < 1.29 is 25.2 Å². The van der Waals surface area contributed by atoms with Crippen molar-refractivity contribution in [1.82, 2.24) is 0 Å². The highest BCUT2D eigenvalue weighted by atomic mass is 17.1. The number of aliphatic hydroxyl groups excluding tert-OH is 1. The summed E-state index contributed by atoms with van der Waals surface area (Å²) in [6.45, 7) is 8.37. The maximum atomic E-state index is 10.4. The summed E-state index contributed by atoms with van der Waals surface area (Å²) in [7, 11) is 0. The van der Waals surface area contributed by atoms with E-state index in [-0.39, 0.29) is 6.61 Å². The van der Waals surface area contributed by atoms with E-state index in [2.05, 4.69) is 4.89 Å². The number of aliphatic hydroxyl groups is 2. The molecule has 5 heteroatoms. The fourth-order valence-corrected chi connectivity index (χ4v) is 0.411. The van der Waals surface area contributed by atoms with Crippen LogP contribution in [-0.4, -0.2) is 33.6 Å². The van der Waals surface area contributed by atoms with Crippen LogP contribution in [0.5, 0.6) is 0 Å². The molecule has 0 radical (unpaired) electrons. The Hall–Kier alpha value is -0.650. The first-order valence-corrected chi connectivity index (χ1v) is 4.73. The van der Waals surface area contributed by atoms with Gasteiger partial charge < -0.3 is 15.1 Å². The smallest absolute Gasteiger partial charge is 0.347 e. The Labute approximate surface area is 90.6 Å². The van der Waals surface area contributed by atoms with Crippen molar-refractivity contribution in [3.05, 3.63) is 0 Å². The van der Waals surface area contributed by atoms with Gasteiger partial charge in [-0.25, -0.2) is 4.79 Å². The molecule has 0 aromatic rings. The second-order valence-corrected chi connectivity index (χ2v) is 4.91. The van der Waals surface area contributed by atoms with Crippen molar-refractivity contribution in [2.75, 3.05) is 6.61 Å². The van der Waals surface area contributed by atoms with Crippen LogP contribution >= 0.6 is 0 Å². The van der Waals surface area contributed by atoms with Crippen LogP contribution in [0.1, 0.15) is 41.0 Å². The van der Waals surface area contributed by atoms with Gasteiger partial charge in [-0.2, -0.15) is 5.26 Å². The summed E-state index contributed by atoms with van der Waals surface area (Å²) in [5, 5.41) is 24.9. The Balaban J connectivity index is 0. The minimum Gasteiger partial charge on any atom is -0.396 e. The molecule has 0 aromatic heterocycles. The number of carbonyl (C=O) groups excluding carboxylic acids is 1. The summed E-state index contributed by atoms with van der Waals surface area (Å²) in [5.74, 6) is -0.613. The second kappa shape index (κ2) is 6.76. The van der Waals surface area contributed by atoms with E-state index >= 15 is 0 Å². The molecule has 0 aliphatic heterocycles. The Kier molecular flexibility index (Phi) is 7.56. The van der Waals surface area contributed by atoms with Crippen LogP contribution in [0.2, 0.25) is 0 Å². The van der Waals surface area contributed by atoms with E-state index in [1.807, 2.05) is 0 Å². The van der Waals surface area contributed by atoms with Crippen molar-refractivity contribution >= 4 is 5.97 Å². The lowest BCUT2D eigenvalue weighted by Crippen LogP contribution is -2.21. The first-order chi connectivity index (χ1) is 6.54. The summed E-state index contributed by atoms with van der Waals surface area (Å²) < 4.78 is 0. The van der Waals surface area contributed by atoms with E-state index in [1.54, 1.807) is 34.6 Å². The Morgan fingerprint density at radius 2 is 1.60 bits per heavy atom. The molecule has 0 spiro atoms. The standard InChI is InChI=1S/C5H10O3.C5H12O2/c1-5(2,3)4(6)8-7;1-5(2,7)3-4-6/h7H,1-3H3;6-7H,3-4H2,1-2H3. The highest BCUT2D eigenvalue weighted by Crippen LogP contribution is 2.13. The first kappa shape index (κ1) is 16.8. The van der Waals surface area contributed by atoms with Gasteiger partial charge in [0.25, 0.3) is 0 Å². The molecule has 92 valence electrons. The predicted octanol–water partition coefficient (Wildman–Crippen LogP) is 1.19. The van der Waals surface area contributed by atoms with Gasteiger partial charge in [-0.15, -0.1) is 0 Å². The fraction of sp³-hybridized carbons (Fsp3) is 0.900. The fourth-order valence-electron chi connectivity index (χ4n) is 0.411. The Morgan fingerprint density at radius 3 is 1.60 bits per heavy atom. The number of hydrogen-bond donors (Lipinski definition) is 3. The lowest BCUT2D eigenvalue weighted by Gasteiger charge is -2.13. The molecule has 0 bridgehead atoms. The molecule has 0 amide bonds. The van der Waals surface area contributed by atoms with Gasteiger partial charge in [0.05, 0.1) is 11.0 Å². The number of carbonyl (C=O) groups is 1. The quantitative estimate of drug-likeness (QED) is 0.482. The maximum Gasteiger partial charge on any atom is 0.347 e. The topological polar surface area (TPSA) is 87.0 Å². The van der Waals surface area contributed by atoms with Crippen molar-refractivity contribution in [2.45, 2.75) is 46.6 Å². The van der Waals surface area contributed by atoms with Crippen LogP contribution in [0.4, 0.5) is 0 Å². The SMILES string of the molecule is CC(C)(C)C(=O)OO.CC(C)(O)CCO. The molecular formula is C10H22O5. The average Bonchev–Trinajstić information content (AvgIpc) is 2.00. The van der Waals surface area contributed by atoms with E-state index < -0.39 is 17.0 Å². The van der Waals surface area contributed by atoms with E-state index in [9.17, 15) is 4.79 Å². The van der Waals surface area contributed by atoms with Crippen molar-refractivity contribution in [3.8, 4) is 0 Å². The van der Waals surface area contributed by atoms with Gasteiger partial charge in [0.2, 0.25) is 0 Å². The summed E-state index contributed by atoms with van der Waals surface area (Å²) in [6.07, 6.45) is 0.451. The van der Waals surface area contributed by atoms with E-state index in [0.29, 0.717) is 6.42 Å². The van der Waals surface area contributed by atoms with Crippen LogP contribution < -0.4 is 0 Å². The Morgan fingerprint density at radius 1 is 1.20 bits per heavy atom. The molecule has 0 saturated carbocycles. The average molecular weight is 222 g/mol.